The minimum Gasteiger partial charge on any atom is -0.303 e. The summed E-state index contributed by atoms with van der Waals surface area (Å²) in [5, 5.41) is 0. The summed E-state index contributed by atoms with van der Waals surface area (Å²) >= 11 is 0. The van der Waals surface area contributed by atoms with Gasteiger partial charge in [-0.3, -0.25) is 0 Å². The lowest BCUT2D eigenvalue weighted by Gasteiger charge is -1.85. The maximum Gasteiger partial charge on any atom is 0.119 e. The van der Waals surface area contributed by atoms with Crippen LogP contribution in [0.4, 0.5) is 0 Å². The quantitative estimate of drug-likeness (QED) is 0.437. The molecule has 0 amide bonds. The fraction of sp³-hybridized carbons (Fsp3) is 0.889. The number of rotatable bonds is 4. The average Bonchev–Trinajstić information content (AvgIpc) is 1.91. The largest absolute Gasteiger partial charge is 0.303 e. The van der Waals surface area contributed by atoms with Crippen molar-refractivity contribution in [3.63, 3.8) is 0 Å². The van der Waals surface area contributed by atoms with Crippen molar-refractivity contribution in [1.29, 1.82) is 0 Å². The maximum absolute atomic E-state index is 9.68. The Bertz CT molecular complexity index is 50.7. The highest BCUT2D eigenvalue weighted by Gasteiger charge is 1.80. The smallest absolute Gasteiger partial charge is 0.119 e. The summed E-state index contributed by atoms with van der Waals surface area (Å²) in [6, 6.07) is 0. The van der Waals surface area contributed by atoms with Gasteiger partial charge < -0.3 is 4.79 Å². The summed E-state index contributed by atoms with van der Waals surface area (Å²) in [5.74, 6) is 0. The molecule has 0 aromatic heterocycles. The predicted molar refractivity (Wildman–Crippen MR) is 46.2 cm³/mol. The van der Waals surface area contributed by atoms with E-state index in [1.54, 1.807) is 0 Å². The molecule has 0 saturated carbocycles. The van der Waals surface area contributed by atoms with Gasteiger partial charge in [0, 0.05) is 6.42 Å². The first kappa shape index (κ1) is 12.4. The fourth-order valence-corrected chi connectivity index (χ4v) is 0.478. The van der Waals surface area contributed by atoms with E-state index in [-0.39, 0.29) is 0 Å². The Morgan fingerprint density at radius 1 is 1.10 bits per heavy atom. The third-order valence-corrected chi connectivity index (χ3v) is 0.926. The molecule has 10 heavy (non-hydrogen) atoms. The lowest BCUT2D eigenvalue weighted by molar-refractivity contribution is -0.107. The zero-order valence-corrected chi connectivity index (χ0v) is 7.52. The third kappa shape index (κ3) is 25.3. The van der Waals surface area contributed by atoms with Crippen molar-refractivity contribution in [2.24, 2.45) is 0 Å². The molecular weight excluding hydrogens is 124 g/mol. The van der Waals surface area contributed by atoms with Crippen molar-refractivity contribution in [3.05, 3.63) is 0 Å². The van der Waals surface area contributed by atoms with Gasteiger partial charge in [0.15, 0.2) is 0 Å². The van der Waals surface area contributed by atoms with Crippen LogP contribution in [0, 0.1) is 0 Å². The molecule has 0 aromatic carbocycles. The van der Waals surface area contributed by atoms with Crippen LogP contribution in [0.5, 0.6) is 0 Å². The Morgan fingerprint density at radius 2 is 1.60 bits per heavy atom. The van der Waals surface area contributed by atoms with Gasteiger partial charge in [-0.15, -0.1) is 0 Å². The molecule has 0 atom stereocenters. The minimum atomic E-state index is 0.744. The molecule has 0 saturated heterocycles. The van der Waals surface area contributed by atoms with Crippen LogP contribution in [0.15, 0.2) is 0 Å². The molecule has 0 unspecified atom stereocenters. The van der Waals surface area contributed by atoms with E-state index in [0.717, 1.165) is 19.1 Å². The van der Waals surface area contributed by atoms with E-state index in [0.29, 0.717) is 0 Å². The van der Waals surface area contributed by atoms with Crippen LogP contribution < -0.4 is 0 Å². The highest BCUT2D eigenvalue weighted by molar-refractivity contribution is 5.48. The maximum atomic E-state index is 9.68. The van der Waals surface area contributed by atoms with E-state index in [1.807, 2.05) is 0 Å². The first-order chi connectivity index (χ1) is 4.83. The lowest BCUT2D eigenvalue weighted by Crippen LogP contribution is -1.73. The zero-order valence-electron chi connectivity index (χ0n) is 7.52. The highest BCUT2D eigenvalue weighted by atomic mass is 16.1. The molecule has 0 bridgehead atoms. The van der Waals surface area contributed by atoms with Gasteiger partial charge in [0.1, 0.15) is 6.29 Å². The first-order valence-corrected chi connectivity index (χ1v) is 4.27. The summed E-state index contributed by atoms with van der Waals surface area (Å²) in [5.41, 5.74) is 0. The molecular formula is C9H20O. The number of aldehydes is 1. The molecule has 0 aliphatic carbocycles. The second-order valence-electron chi connectivity index (χ2n) is 2.37. The van der Waals surface area contributed by atoms with E-state index >= 15 is 0 Å². The van der Waals surface area contributed by atoms with Crippen LogP contribution in [0.1, 0.15) is 52.9 Å². The number of unbranched alkanes of at least 4 members (excludes halogenated alkanes) is 3. The van der Waals surface area contributed by atoms with Gasteiger partial charge in [-0.1, -0.05) is 40.0 Å². The number of hydrogen-bond donors (Lipinski definition) is 0. The number of carbonyl (C=O) groups excluding carboxylic acids is 1. The van der Waals surface area contributed by atoms with Crippen molar-refractivity contribution in [3.8, 4) is 0 Å². The Hall–Kier alpha value is -0.330. The van der Waals surface area contributed by atoms with E-state index in [9.17, 15) is 4.79 Å². The molecule has 62 valence electrons. The van der Waals surface area contributed by atoms with Crippen molar-refractivity contribution >= 4 is 6.29 Å². The minimum absolute atomic E-state index is 0.744. The van der Waals surface area contributed by atoms with Gasteiger partial charge in [0.2, 0.25) is 0 Å². The van der Waals surface area contributed by atoms with Gasteiger partial charge in [-0.2, -0.15) is 0 Å². The predicted octanol–water partition coefficient (Wildman–Crippen LogP) is 3.18. The van der Waals surface area contributed by atoms with Crippen LogP contribution in [-0.2, 0) is 4.79 Å². The molecule has 0 N–H and O–H groups in total. The van der Waals surface area contributed by atoms with E-state index in [2.05, 4.69) is 20.8 Å². The van der Waals surface area contributed by atoms with Crippen molar-refractivity contribution in [2.75, 3.05) is 0 Å². The topological polar surface area (TPSA) is 17.1 Å². The Labute approximate surface area is 64.8 Å². The normalized spacial score (nSPS) is 7.90. The Balaban J connectivity index is 0. The van der Waals surface area contributed by atoms with Crippen LogP contribution in [0.3, 0.4) is 0 Å². The number of hydrogen-bond acceptors (Lipinski definition) is 1. The summed E-state index contributed by atoms with van der Waals surface area (Å²) in [6.45, 7) is 6.38. The van der Waals surface area contributed by atoms with Gasteiger partial charge in [0.25, 0.3) is 0 Å². The molecule has 0 aromatic rings. The fourth-order valence-electron chi connectivity index (χ4n) is 0.478. The van der Waals surface area contributed by atoms with Crippen LogP contribution >= 0.6 is 0 Å². The van der Waals surface area contributed by atoms with E-state index in [1.165, 1.54) is 19.3 Å². The molecule has 0 spiro atoms. The molecule has 1 nitrogen and oxygen atoms in total. The van der Waals surface area contributed by atoms with Crippen LogP contribution in [0.2, 0.25) is 0 Å². The van der Waals surface area contributed by atoms with Crippen molar-refractivity contribution < 1.29 is 4.79 Å². The molecule has 0 fully saturated rings. The Kier molecular flexibility index (Phi) is 19.6. The summed E-state index contributed by atoms with van der Waals surface area (Å²) in [7, 11) is 0. The molecule has 0 aliphatic rings. The highest BCUT2D eigenvalue weighted by Crippen LogP contribution is 1.94. The molecule has 1 heteroatoms. The van der Waals surface area contributed by atoms with Gasteiger partial charge in [-0.25, -0.2) is 0 Å². The van der Waals surface area contributed by atoms with Gasteiger partial charge in [0.05, 0.1) is 0 Å². The molecule has 0 aliphatic heterocycles. The molecule has 0 heterocycles. The second-order valence-corrected chi connectivity index (χ2v) is 2.37. The summed E-state index contributed by atoms with van der Waals surface area (Å²) in [4.78, 5) is 9.68. The van der Waals surface area contributed by atoms with Crippen LogP contribution in [-0.4, -0.2) is 6.29 Å². The third-order valence-electron chi connectivity index (χ3n) is 0.926. The molecule has 0 radical (unpaired) electrons. The monoisotopic (exact) mass is 144 g/mol. The second kappa shape index (κ2) is 15.9. The number of carbonyl (C=O) groups is 1. The SMILES string of the molecule is CCC.CCCCCC=O. The van der Waals surface area contributed by atoms with Crippen molar-refractivity contribution in [1.82, 2.24) is 0 Å². The average molecular weight is 144 g/mol. The van der Waals surface area contributed by atoms with E-state index < -0.39 is 0 Å². The summed E-state index contributed by atoms with van der Waals surface area (Å²) in [6.07, 6.45) is 6.44. The lowest BCUT2D eigenvalue weighted by atomic mass is 10.2. The van der Waals surface area contributed by atoms with Gasteiger partial charge >= 0.3 is 0 Å². The first-order valence-electron chi connectivity index (χ1n) is 4.27. The van der Waals surface area contributed by atoms with Crippen molar-refractivity contribution in [2.45, 2.75) is 52.9 Å². The Morgan fingerprint density at radius 3 is 1.90 bits per heavy atom. The standard InChI is InChI=1S/C6H12O.C3H8/c1-2-3-4-5-6-7;1-3-2/h6H,2-5H2,1H3;3H2,1-2H3. The van der Waals surface area contributed by atoms with E-state index in [4.69, 9.17) is 0 Å². The summed E-state index contributed by atoms with van der Waals surface area (Å²) < 4.78 is 0. The van der Waals surface area contributed by atoms with Crippen LogP contribution in [0.25, 0.3) is 0 Å². The zero-order chi connectivity index (χ0) is 8.24. The van der Waals surface area contributed by atoms with Gasteiger partial charge in [-0.05, 0) is 6.42 Å². The molecule has 0 rings (SSSR count).